The number of aryl methyl sites for hydroxylation is 1. The number of carbonyl (C=O) groups is 2. The van der Waals surface area contributed by atoms with Crippen molar-refractivity contribution in [2.75, 3.05) is 50.1 Å². The van der Waals surface area contributed by atoms with Gasteiger partial charge in [-0.05, 0) is 36.8 Å². The first-order valence-electron chi connectivity index (χ1n) is 11.2. The Balaban J connectivity index is 1.36. The lowest BCUT2D eigenvalue weighted by Crippen LogP contribution is -2.36. The van der Waals surface area contributed by atoms with Gasteiger partial charge >= 0.3 is 0 Å². The summed E-state index contributed by atoms with van der Waals surface area (Å²) in [5, 5.41) is 7.54. The highest BCUT2D eigenvalue weighted by Gasteiger charge is 2.24. The van der Waals surface area contributed by atoms with Crippen LogP contribution in [0.15, 0.2) is 54.6 Å². The number of nitrogens with zero attached hydrogens (tertiary/aromatic N) is 4. The van der Waals surface area contributed by atoms with E-state index in [0.717, 1.165) is 24.3 Å². The minimum Gasteiger partial charge on any atom is -0.378 e. The summed E-state index contributed by atoms with van der Waals surface area (Å²) in [6, 6.07) is 17.4. The number of carbonyl (C=O) groups excluding carboxylic acids is 2. The molecule has 34 heavy (non-hydrogen) atoms. The lowest BCUT2D eigenvalue weighted by molar-refractivity contribution is -0.116. The summed E-state index contributed by atoms with van der Waals surface area (Å²) >= 11 is 6.50. The van der Waals surface area contributed by atoms with Crippen molar-refractivity contribution in [1.82, 2.24) is 14.7 Å². The molecule has 0 atom stereocenters. The number of nitrogens with one attached hydrogen (secondary N) is 1. The molecule has 0 radical (unpaired) electrons. The van der Waals surface area contributed by atoms with Crippen molar-refractivity contribution >= 4 is 34.8 Å². The van der Waals surface area contributed by atoms with E-state index in [0.29, 0.717) is 36.7 Å². The molecule has 1 aliphatic rings. The summed E-state index contributed by atoms with van der Waals surface area (Å²) in [4.78, 5) is 29.2. The maximum absolute atomic E-state index is 13.1. The molecule has 0 spiro atoms. The van der Waals surface area contributed by atoms with Crippen LogP contribution in [0.5, 0.6) is 0 Å². The molecule has 9 heteroatoms. The molecule has 0 unspecified atom stereocenters. The number of rotatable bonds is 7. The molecule has 8 nitrogen and oxygen atoms in total. The van der Waals surface area contributed by atoms with Crippen LogP contribution in [0.3, 0.4) is 0 Å². The van der Waals surface area contributed by atoms with Crippen LogP contribution in [-0.4, -0.2) is 66.4 Å². The molecular weight excluding hydrogens is 454 g/mol. The monoisotopic (exact) mass is 481 g/mol. The van der Waals surface area contributed by atoms with Crippen LogP contribution in [0.25, 0.3) is 0 Å². The van der Waals surface area contributed by atoms with Crippen molar-refractivity contribution in [1.29, 1.82) is 0 Å². The number of benzene rings is 2. The predicted octanol–water partition coefficient (Wildman–Crippen LogP) is 3.44. The third-order valence-electron chi connectivity index (χ3n) is 5.71. The van der Waals surface area contributed by atoms with E-state index in [1.807, 2.05) is 54.6 Å². The zero-order valence-electron chi connectivity index (χ0n) is 19.3. The first-order chi connectivity index (χ1) is 16.4. The van der Waals surface area contributed by atoms with Gasteiger partial charge in [0.1, 0.15) is 5.15 Å². The highest BCUT2D eigenvalue weighted by atomic mass is 35.5. The molecule has 2 heterocycles. The Morgan fingerprint density at radius 3 is 2.44 bits per heavy atom. The summed E-state index contributed by atoms with van der Waals surface area (Å²) in [5.74, 6) is -0.639. The van der Waals surface area contributed by atoms with Gasteiger partial charge in [0.15, 0.2) is 0 Å². The highest BCUT2D eigenvalue weighted by Crippen LogP contribution is 2.23. The molecule has 3 aromatic rings. The van der Waals surface area contributed by atoms with Gasteiger partial charge in [-0.1, -0.05) is 41.9 Å². The Kier molecular flexibility index (Phi) is 7.49. The maximum atomic E-state index is 13.1. The second kappa shape index (κ2) is 10.7. The third-order valence-corrected chi connectivity index (χ3v) is 6.09. The highest BCUT2D eigenvalue weighted by molar-refractivity contribution is 6.33. The summed E-state index contributed by atoms with van der Waals surface area (Å²) in [5.41, 5.74) is 3.62. The van der Waals surface area contributed by atoms with Crippen LogP contribution >= 0.6 is 11.6 Å². The fraction of sp³-hybridized carbons (Fsp3) is 0.320. The number of morpholine rings is 1. The quantitative estimate of drug-likeness (QED) is 0.559. The van der Waals surface area contributed by atoms with E-state index < -0.39 is 0 Å². The van der Waals surface area contributed by atoms with Crippen molar-refractivity contribution in [2.24, 2.45) is 0 Å². The molecule has 1 aromatic heterocycles. The van der Waals surface area contributed by atoms with Gasteiger partial charge in [-0.25, -0.2) is 4.68 Å². The molecule has 2 amide bonds. The number of likely N-dealkylation sites (N-methyl/N-ethyl adjacent to an activating group) is 1. The standard InChI is InChI=1S/C25H28ClN5O3/c1-18-23(24(26)31(28-18)16-19-6-4-3-5-7-19)25(33)29(2)17-22(32)27-20-8-10-21(11-9-20)30-12-14-34-15-13-30/h3-11H,12-17H2,1-2H3,(H,27,32). The Labute approximate surface area is 204 Å². The van der Waals surface area contributed by atoms with Gasteiger partial charge in [0.2, 0.25) is 5.91 Å². The van der Waals surface area contributed by atoms with E-state index in [1.165, 1.54) is 4.90 Å². The molecule has 0 saturated carbocycles. The molecular formula is C25H28ClN5O3. The van der Waals surface area contributed by atoms with Gasteiger partial charge in [0, 0.05) is 31.5 Å². The van der Waals surface area contributed by atoms with Crippen LogP contribution < -0.4 is 10.2 Å². The van der Waals surface area contributed by atoms with E-state index in [4.69, 9.17) is 16.3 Å². The molecule has 178 valence electrons. The van der Waals surface area contributed by atoms with E-state index in [-0.39, 0.29) is 23.5 Å². The number of hydrogen-bond acceptors (Lipinski definition) is 5. The summed E-state index contributed by atoms with van der Waals surface area (Å²) in [7, 11) is 1.58. The number of hydrogen-bond donors (Lipinski definition) is 1. The van der Waals surface area contributed by atoms with Crippen molar-refractivity contribution < 1.29 is 14.3 Å². The Bertz CT molecular complexity index is 1140. The first-order valence-corrected chi connectivity index (χ1v) is 11.5. The average Bonchev–Trinajstić information content (AvgIpc) is 3.12. The minimum absolute atomic E-state index is 0.107. The van der Waals surface area contributed by atoms with Crippen LogP contribution in [0.2, 0.25) is 5.15 Å². The zero-order chi connectivity index (χ0) is 24.1. The maximum Gasteiger partial charge on any atom is 0.259 e. The fourth-order valence-corrected chi connectivity index (χ4v) is 4.23. The third kappa shape index (κ3) is 5.58. The lowest BCUT2D eigenvalue weighted by Gasteiger charge is -2.28. The molecule has 1 saturated heterocycles. The molecule has 1 N–H and O–H groups in total. The van der Waals surface area contributed by atoms with Crippen molar-refractivity contribution in [3.8, 4) is 0 Å². The van der Waals surface area contributed by atoms with Crippen LogP contribution in [0.1, 0.15) is 21.6 Å². The topological polar surface area (TPSA) is 79.7 Å². The molecule has 1 aliphatic heterocycles. The largest absolute Gasteiger partial charge is 0.378 e. The summed E-state index contributed by atoms with van der Waals surface area (Å²) in [6.45, 7) is 5.22. The summed E-state index contributed by atoms with van der Waals surface area (Å²) in [6.07, 6.45) is 0. The van der Waals surface area contributed by atoms with Gasteiger partial charge in [-0.2, -0.15) is 5.10 Å². The van der Waals surface area contributed by atoms with Gasteiger partial charge in [-0.3, -0.25) is 9.59 Å². The van der Waals surface area contributed by atoms with E-state index in [1.54, 1.807) is 18.7 Å². The van der Waals surface area contributed by atoms with Crippen LogP contribution in [0, 0.1) is 6.92 Å². The Morgan fingerprint density at radius 1 is 1.09 bits per heavy atom. The van der Waals surface area contributed by atoms with E-state index >= 15 is 0 Å². The summed E-state index contributed by atoms with van der Waals surface area (Å²) < 4.78 is 6.98. The van der Waals surface area contributed by atoms with Crippen LogP contribution in [-0.2, 0) is 16.1 Å². The number of anilines is 2. The normalized spacial score (nSPS) is 13.6. The minimum atomic E-state index is -0.348. The van der Waals surface area contributed by atoms with Crippen molar-refractivity contribution in [3.63, 3.8) is 0 Å². The van der Waals surface area contributed by atoms with Gasteiger partial charge < -0.3 is 19.9 Å². The average molecular weight is 482 g/mol. The fourth-order valence-electron chi connectivity index (χ4n) is 3.91. The predicted molar refractivity (Wildman–Crippen MR) is 133 cm³/mol. The number of ether oxygens (including phenoxy) is 1. The Hall–Kier alpha value is -3.36. The molecule has 0 aliphatic carbocycles. The van der Waals surface area contributed by atoms with Gasteiger partial charge in [0.25, 0.3) is 5.91 Å². The van der Waals surface area contributed by atoms with E-state index in [9.17, 15) is 9.59 Å². The Morgan fingerprint density at radius 2 is 1.76 bits per heavy atom. The number of amides is 2. The van der Waals surface area contributed by atoms with Crippen molar-refractivity contribution in [2.45, 2.75) is 13.5 Å². The molecule has 2 aromatic carbocycles. The smallest absolute Gasteiger partial charge is 0.259 e. The van der Waals surface area contributed by atoms with Gasteiger partial charge in [0.05, 0.1) is 37.6 Å². The SMILES string of the molecule is Cc1nn(Cc2ccccc2)c(Cl)c1C(=O)N(C)CC(=O)Nc1ccc(N2CCOCC2)cc1. The molecule has 0 bridgehead atoms. The van der Waals surface area contributed by atoms with Crippen LogP contribution in [0.4, 0.5) is 11.4 Å². The van der Waals surface area contributed by atoms with Crippen molar-refractivity contribution in [3.05, 3.63) is 76.6 Å². The van der Waals surface area contributed by atoms with E-state index in [2.05, 4.69) is 15.3 Å². The second-order valence-corrected chi connectivity index (χ2v) is 8.61. The zero-order valence-corrected chi connectivity index (χ0v) is 20.1. The number of aromatic nitrogens is 2. The molecule has 4 rings (SSSR count). The lowest BCUT2D eigenvalue weighted by atomic mass is 10.2. The second-order valence-electron chi connectivity index (χ2n) is 8.25. The first kappa shape index (κ1) is 23.8. The number of halogens is 1. The van der Waals surface area contributed by atoms with Gasteiger partial charge in [-0.15, -0.1) is 0 Å². The molecule has 1 fully saturated rings.